The molecule has 6 heterocycles. The van der Waals surface area contributed by atoms with Crippen LogP contribution >= 0.6 is 10.7 Å². The minimum Gasteiger partial charge on any atom is -1.00 e. The molecule has 4 aliphatic carbocycles. The summed E-state index contributed by atoms with van der Waals surface area (Å²) < 4.78 is 210. The second-order valence-corrected chi connectivity index (χ2v) is 37.9. The molecule has 8 aromatic rings. The Hall–Kier alpha value is -9.30. The van der Waals surface area contributed by atoms with Gasteiger partial charge >= 0.3 is 36.6 Å². The molecule has 1 amide bonds. The maximum atomic E-state index is 13.1. The molecule has 0 aliphatic heterocycles. The average molecular weight is 1860 g/mol. The summed E-state index contributed by atoms with van der Waals surface area (Å²) in [6, 6.07) is 22.4. The maximum absolute atomic E-state index is 13.1. The minimum absolute atomic E-state index is 0. The number of anilines is 3. The lowest BCUT2D eigenvalue weighted by atomic mass is 9.78. The molecule has 644 valence electrons. The summed E-state index contributed by atoms with van der Waals surface area (Å²) in [7, 11) is -10.8. The number of ether oxygens (including phenoxy) is 2. The van der Waals surface area contributed by atoms with E-state index in [2.05, 4.69) is 66.4 Å². The number of pyridine rings is 3. The average Bonchev–Trinajstić information content (AvgIpc) is 1.60. The van der Waals surface area contributed by atoms with Gasteiger partial charge in [-0.1, -0.05) is 36.4 Å². The largest absolute Gasteiger partial charge is 1.00 e. The molecule has 0 unspecified atom stereocenters. The summed E-state index contributed by atoms with van der Waals surface area (Å²) in [5.74, 6) is -5.05. The van der Waals surface area contributed by atoms with E-state index in [0.717, 1.165) is 51.9 Å². The number of esters is 1. The zero-order valence-corrected chi connectivity index (χ0v) is 68.9. The van der Waals surface area contributed by atoms with Crippen molar-refractivity contribution in [2.75, 3.05) is 33.2 Å². The monoisotopic (exact) mass is 1850 g/mol. The molecule has 12 rings (SSSR count). The van der Waals surface area contributed by atoms with Crippen molar-refractivity contribution >= 4 is 135 Å². The Morgan fingerprint density at radius 2 is 0.948 bits per heavy atom. The van der Waals surface area contributed by atoms with E-state index in [0.29, 0.717) is 75.5 Å². The summed E-state index contributed by atoms with van der Waals surface area (Å²) in [5.41, 5.74) is 14.6. The Kier molecular flexibility index (Phi) is 32.4. The Morgan fingerprint density at radius 3 is 1.32 bits per heavy atom. The number of halogens is 11. The minimum atomic E-state index is -5.08. The van der Waals surface area contributed by atoms with E-state index in [-0.39, 0.29) is 114 Å². The number of aromatic nitrogens is 6. The molecular weight excluding hydrogens is 1760 g/mol. The number of H-pyrrole nitrogens is 1. The Balaban J connectivity index is 0.00000151. The predicted molar refractivity (Wildman–Crippen MR) is 424 cm³/mol. The van der Waals surface area contributed by atoms with E-state index >= 15 is 0 Å². The zero-order chi connectivity index (χ0) is 85.6. The number of alkyl carbamates (subject to hydrolysis) is 1. The number of carbonyl (C=O) groups is 3. The fourth-order valence-electron chi connectivity index (χ4n) is 11.8. The van der Waals surface area contributed by atoms with Crippen LogP contribution in [0.2, 0.25) is 0 Å². The molecule has 0 spiro atoms. The maximum Gasteiger partial charge on any atom is 0.490 e. The van der Waals surface area contributed by atoms with Crippen LogP contribution in [0, 0.1) is 31.6 Å². The number of hydrogen-bond acceptors (Lipinski definition) is 21. The van der Waals surface area contributed by atoms with Gasteiger partial charge in [0.05, 0.1) is 76.7 Å². The van der Waals surface area contributed by atoms with Crippen molar-refractivity contribution in [3.63, 3.8) is 0 Å². The molecule has 10 N–H and O–H groups in total. The molecule has 0 saturated heterocycles. The number of benzene rings is 2. The number of nitrogens with zero attached hydrogens (tertiary/aromatic N) is 8. The van der Waals surface area contributed by atoms with Crippen molar-refractivity contribution in [2.24, 2.45) is 23.3 Å². The summed E-state index contributed by atoms with van der Waals surface area (Å²) in [6.07, 6.45) is -1.77. The lowest BCUT2D eigenvalue weighted by molar-refractivity contribution is -0.192. The van der Waals surface area contributed by atoms with Gasteiger partial charge in [0.1, 0.15) is 16.8 Å². The number of aliphatic carboxylic acids is 1. The number of carboxylic acid groups (broad SMARTS) is 1. The number of rotatable bonds is 19. The van der Waals surface area contributed by atoms with Crippen molar-refractivity contribution in [2.45, 2.75) is 188 Å². The van der Waals surface area contributed by atoms with Gasteiger partial charge in [-0.2, -0.15) is 39.5 Å². The van der Waals surface area contributed by atoms with Crippen LogP contribution in [0.15, 0.2) is 126 Å². The lowest BCUT2D eigenvalue weighted by Gasteiger charge is -2.37. The first-order chi connectivity index (χ1) is 53.3. The van der Waals surface area contributed by atoms with Crippen LogP contribution in [0.25, 0.3) is 47.6 Å². The number of sulfone groups is 1. The first kappa shape index (κ1) is 95.5. The van der Waals surface area contributed by atoms with Crippen molar-refractivity contribution in [1.82, 2.24) is 33.2 Å². The molecule has 0 radical (unpaired) electrons. The van der Waals surface area contributed by atoms with E-state index in [1.807, 2.05) is 41.5 Å². The van der Waals surface area contributed by atoms with E-state index in [1.165, 1.54) is 43.1 Å². The quantitative estimate of drug-likeness (QED) is 0.0123. The molecule has 2 aromatic carbocycles. The third-order valence-electron chi connectivity index (χ3n) is 17.4. The second kappa shape index (κ2) is 39.3. The van der Waals surface area contributed by atoms with Crippen molar-refractivity contribution in [3.05, 3.63) is 150 Å². The normalized spacial score (nSPS) is 19.2. The van der Waals surface area contributed by atoms with E-state index < -0.39 is 99.0 Å². The highest BCUT2D eigenvalue weighted by molar-refractivity contribution is 8.13. The molecule has 4 saturated carbocycles. The smallest absolute Gasteiger partial charge is 0.490 e. The van der Waals surface area contributed by atoms with Crippen LogP contribution in [-0.4, -0.2) is 168 Å². The number of nitrogens with one attached hydrogen (secondary N) is 5. The second-order valence-electron chi connectivity index (χ2n) is 29.2. The number of carbonyl (C=O) groups excluding carboxylic acids is 2. The molecule has 4 aliphatic rings. The number of aromatic amines is 1. The van der Waals surface area contributed by atoms with Crippen LogP contribution in [0.1, 0.15) is 121 Å². The van der Waals surface area contributed by atoms with Gasteiger partial charge in [0.25, 0.3) is 20.0 Å². The molecule has 4 fully saturated rings. The van der Waals surface area contributed by atoms with E-state index in [4.69, 9.17) is 50.6 Å². The Morgan fingerprint density at radius 1 is 0.569 bits per heavy atom. The molecule has 116 heavy (non-hydrogen) atoms. The molecule has 0 atom stereocenters. The molecule has 0 bridgehead atoms. The Bertz CT molecular complexity index is 5390. The van der Waals surface area contributed by atoms with Crippen molar-refractivity contribution in [3.8, 4) is 0 Å². The van der Waals surface area contributed by atoms with Crippen LogP contribution in [-0.2, 0) is 58.0 Å². The standard InChI is InChI=1S/C24H26N4O4S.C18H17N5O2S.C16H17F3N4O2S.C9H18N2O2.C3H4ClF3O2S.C2HF3O2.HI.6H2/c1-24(2,3)32-21(29)14-16-12-17(13-16)27-22-19-10-11-28(23(19)26-15-20(22)25-4)33(30,31)18-8-6-5-7-9-18;1-20-16-11-21-18-15(17(16)22-13-9-12(19)10-13)7-8-23(18)26(24,25)14-5-3-2-4-6-14;1-20-13-8-22-15-12(2-4-21-15)14(13)23-11-6-10(7-11)9-26(24,25)5-3-16(17,18)19;1-9(2,3)13-8(12)11-7-4-6(10)5-7;4-10(8,9)2-1-3(5,6)7;3-2(4,5)1(6)7;;;;;;;/h5-11,15-17H,12-14H2,1-3H3,(H,26,27);2-8,11-13H,9-10,19H2,(H,21,22);2,4,8,10-11H,3,5-7,9H2,(H2,21,22,23);6-7H,4-5,10H2,1-3H3,(H,11,12);1-2H2;(H,6,7);7*1H/p-1. The van der Waals surface area contributed by atoms with Gasteiger partial charge in [0.15, 0.2) is 21.1 Å². The van der Waals surface area contributed by atoms with E-state index in [9.17, 15) is 82.8 Å². The topological polar surface area (TPSA) is 404 Å². The highest BCUT2D eigenvalue weighted by atomic mass is 127. The fraction of sp³-hybridized carbons (Fsp3) is 0.458. The van der Waals surface area contributed by atoms with Gasteiger partial charge in [0.2, 0.25) is 26.1 Å². The van der Waals surface area contributed by atoms with Gasteiger partial charge in [-0.15, -0.1) is 0 Å². The lowest BCUT2D eigenvalue weighted by Crippen LogP contribution is -3.00. The van der Waals surface area contributed by atoms with Gasteiger partial charge < -0.3 is 76.3 Å². The number of alkyl halides is 9. The SMILES string of the molecule is CC(C)(C)OC(=O)NC1CC(N)C1.O=C(O)C(F)(F)F.O=S(=O)(Cl)CCC(F)(F)F.[C-]#[N+]c1cnc2[nH]ccc2c1NC1CC(CS(=O)(=O)CCC(F)(F)F)C1.[C-]#[N+]c1cnc2c(ccn2S(=O)(=O)c2ccccc2)c1NC1CC(CC(=O)OC(C)(C)C)C1.[C-]#[N+]c1cnc2c(ccn2S(=O)(=O)c2ccccc2)c1NC1CC(N)C1.[HH].[HH].[HH].[HH].[HH].[HH].[I-]. The summed E-state index contributed by atoms with van der Waals surface area (Å²) in [6.45, 7) is 33.2. The van der Waals surface area contributed by atoms with E-state index in [1.54, 1.807) is 72.9 Å². The number of amides is 1. The molecular formula is C72H95ClF9IN15O14S4-. The predicted octanol–water partition coefficient (Wildman–Crippen LogP) is 12.8. The molecule has 29 nitrogen and oxygen atoms in total. The first-order valence-corrected chi connectivity index (χ1v) is 42.2. The number of hydrogen-bond donors (Lipinski definition) is 8. The summed E-state index contributed by atoms with van der Waals surface area (Å²) in [5, 5.41) is 21.8. The van der Waals surface area contributed by atoms with Crippen molar-refractivity contribution < 1.29 is 135 Å². The Labute approximate surface area is 693 Å². The van der Waals surface area contributed by atoms with Gasteiger partial charge in [-0.25, -0.2) is 75.7 Å². The number of fused-ring (bicyclic) bond motifs is 3. The van der Waals surface area contributed by atoms with Crippen LogP contribution in [0.5, 0.6) is 0 Å². The third-order valence-corrected chi connectivity index (χ3v) is 23.7. The van der Waals surface area contributed by atoms with Crippen LogP contribution < -0.4 is 56.7 Å². The first-order valence-electron chi connectivity index (χ1n) is 35.1. The van der Waals surface area contributed by atoms with Gasteiger partial charge in [-0.3, -0.25) is 9.78 Å². The fourth-order valence-corrected chi connectivity index (χ4v) is 16.9. The van der Waals surface area contributed by atoms with Crippen molar-refractivity contribution in [1.29, 1.82) is 0 Å². The van der Waals surface area contributed by atoms with Crippen LogP contribution in [0.4, 0.5) is 78.4 Å². The zero-order valence-electron chi connectivity index (χ0n) is 62.8. The molecule has 6 aromatic heterocycles. The van der Waals surface area contributed by atoms with Crippen LogP contribution in [0.3, 0.4) is 0 Å². The highest BCUT2D eigenvalue weighted by Gasteiger charge is 2.40. The summed E-state index contributed by atoms with van der Waals surface area (Å²) in [4.78, 5) is 58.6. The molecule has 44 heteroatoms. The highest BCUT2D eigenvalue weighted by Crippen LogP contribution is 2.42. The summed E-state index contributed by atoms with van der Waals surface area (Å²) >= 11 is 0. The third kappa shape index (κ3) is 28.5. The van der Waals surface area contributed by atoms with Gasteiger partial charge in [0, 0.05) is 115 Å². The number of nitrogens with two attached hydrogens (primary N) is 2. The van der Waals surface area contributed by atoms with Gasteiger partial charge in [-0.05, 0) is 147 Å². The number of carboxylic acids is 1.